The molecule has 0 bridgehead atoms. The second-order valence-electron chi connectivity index (χ2n) is 3.92. The summed E-state index contributed by atoms with van der Waals surface area (Å²) < 4.78 is 0. The molecule has 1 rings (SSSR count). The van der Waals surface area contributed by atoms with Crippen LogP contribution < -0.4 is 11.1 Å². The van der Waals surface area contributed by atoms with Crippen LogP contribution in [0, 0.1) is 6.92 Å². The number of aryl methyl sites for hydroxylation is 1. The summed E-state index contributed by atoms with van der Waals surface area (Å²) in [5.74, 6) is -0.122. The molecule has 78 valence electrons. The Morgan fingerprint density at radius 3 is 2.64 bits per heavy atom. The smallest absolute Gasteiger partial charge is 0.239 e. The number of amides is 1. The highest BCUT2D eigenvalue weighted by Crippen LogP contribution is 2.14. The number of nitrogens with one attached hydrogen (secondary N) is 1. The van der Waals surface area contributed by atoms with E-state index in [9.17, 15) is 4.79 Å². The molecule has 0 saturated carbocycles. The summed E-state index contributed by atoms with van der Waals surface area (Å²) in [6.07, 6.45) is 0. The van der Waals surface area contributed by atoms with Gasteiger partial charge in [0.25, 0.3) is 0 Å². The van der Waals surface area contributed by atoms with Gasteiger partial charge in [-0.3, -0.25) is 4.79 Å². The average molecular weight is 212 g/mol. The second kappa shape index (κ2) is 4.11. The van der Waals surface area contributed by atoms with Crippen LogP contribution in [0.5, 0.6) is 0 Å². The van der Waals surface area contributed by atoms with Gasteiger partial charge in [0.1, 0.15) is 0 Å². The van der Waals surface area contributed by atoms with Crippen molar-refractivity contribution in [3.63, 3.8) is 0 Å². The number of carbonyl (C=O) groups excluding carboxylic acids is 1. The van der Waals surface area contributed by atoms with E-state index in [0.29, 0.717) is 6.54 Å². The van der Waals surface area contributed by atoms with Gasteiger partial charge < -0.3 is 11.1 Å². The Balaban J connectivity index is 2.46. The fraction of sp³-hybridized carbons (Fsp3) is 0.500. The van der Waals surface area contributed by atoms with Crippen LogP contribution in [-0.4, -0.2) is 11.4 Å². The van der Waals surface area contributed by atoms with Crippen molar-refractivity contribution in [3.8, 4) is 0 Å². The summed E-state index contributed by atoms with van der Waals surface area (Å²) in [5, 5.41) is 2.80. The van der Waals surface area contributed by atoms with E-state index in [0.717, 1.165) is 4.88 Å². The van der Waals surface area contributed by atoms with Crippen molar-refractivity contribution < 1.29 is 4.79 Å². The third-order valence-corrected chi connectivity index (χ3v) is 2.81. The molecule has 1 heterocycles. The fourth-order valence-corrected chi connectivity index (χ4v) is 1.81. The van der Waals surface area contributed by atoms with Crippen LogP contribution in [0.15, 0.2) is 12.1 Å². The molecule has 0 saturated heterocycles. The minimum absolute atomic E-state index is 0.122. The van der Waals surface area contributed by atoms with Crippen LogP contribution in [0.4, 0.5) is 0 Å². The lowest BCUT2D eigenvalue weighted by Gasteiger charge is -2.17. The quantitative estimate of drug-likeness (QED) is 0.796. The highest BCUT2D eigenvalue weighted by molar-refractivity contribution is 7.11. The van der Waals surface area contributed by atoms with Crippen LogP contribution in [0.3, 0.4) is 0 Å². The van der Waals surface area contributed by atoms with Crippen LogP contribution in [0.2, 0.25) is 0 Å². The summed E-state index contributed by atoms with van der Waals surface area (Å²) in [7, 11) is 0. The molecular weight excluding hydrogens is 196 g/mol. The Morgan fingerprint density at radius 2 is 2.21 bits per heavy atom. The van der Waals surface area contributed by atoms with Crippen molar-refractivity contribution in [1.29, 1.82) is 0 Å². The minimum Gasteiger partial charge on any atom is -0.350 e. The lowest BCUT2D eigenvalue weighted by atomic mass is 10.1. The standard InChI is InChI=1S/C10H16N2OS/c1-7-4-5-8(14-7)6-12-9(13)10(2,3)11/h4-5H,6,11H2,1-3H3,(H,12,13). The van der Waals surface area contributed by atoms with Crippen LogP contribution in [-0.2, 0) is 11.3 Å². The monoisotopic (exact) mass is 212 g/mol. The van der Waals surface area contributed by atoms with Gasteiger partial charge in [-0.25, -0.2) is 0 Å². The molecule has 0 aliphatic carbocycles. The SMILES string of the molecule is Cc1ccc(CNC(=O)C(C)(C)N)s1. The first-order valence-corrected chi connectivity index (χ1v) is 5.34. The molecule has 4 heteroatoms. The summed E-state index contributed by atoms with van der Waals surface area (Å²) in [5.41, 5.74) is 4.84. The number of hydrogen-bond acceptors (Lipinski definition) is 3. The van der Waals surface area contributed by atoms with E-state index in [2.05, 4.69) is 5.32 Å². The highest BCUT2D eigenvalue weighted by atomic mass is 32.1. The second-order valence-corrected chi connectivity index (χ2v) is 5.29. The molecule has 0 aliphatic rings. The van der Waals surface area contributed by atoms with E-state index in [4.69, 9.17) is 5.73 Å². The normalized spacial score (nSPS) is 11.4. The Morgan fingerprint density at radius 1 is 1.57 bits per heavy atom. The summed E-state index contributed by atoms with van der Waals surface area (Å²) in [4.78, 5) is 13.8. The summed E-state index contributed by atoms with van der Waals surface area (Å²) in [6.45, 7) is 6.00. The fourth-order valence-electron chi connectivity index (χ4n) is 0.975. The number of hydrogen-bond donors (Lipinski definition) is 2. The topological polar surface area (TPSA) is 55.1 Å². The van der Waals surface area contributed by atoms with E-state index < -0.39 is 5.54 Å². The van der Waals surface area contributed by atoms with Gasteiger partial charge >= 0.3 is 0 Å². The highest BCUT2D eigenvalue weighted by Gasteiger charge is 2.21. The van der Waals surface area contributed by atoms with Gasteiger partial charge in [-0.15, -0.1) is 11.3 Å². The Kier molecular flexibility index (Phi) is 3.29. The van der Waals surface area contributed by atoms with Gasteiger partial charge in [0, 0.05) is 9.75 Å². The van der Waals surface area contributed by atoms with E-state index in [-0.39, 0.29) is 5.91 Å². The zero-order valence-electron chi connectivity index (χ0n) is 8.76. The molecule has 1 aromatic heterocycles. The molecule has 0 spiro atoms. The Bertz CT molecular complexity index is 325. The van der Waals surface area contributed by atoms with Crippen LogP contribution >= 0.6 is 11.3 Å². The van der Waals surface area contributed by atoms with Crippen molar-refractivity contribution in [2.75, 3.05) is 0 Å². The maximum Gasteiger partial charge on any atom is 0.239 e. The maximum absolute atomic E-state index is 11.4. The largest absolute Gasteiger partial charge is 0.350 e. The van der Waals surface area contributed by atoms with Crippen molar-refractivity contribution in [2.45, 2.75) is 32.9 Å². The Hall–Kier alpha value is -0.870. The third-order valence-electron chi connectivity index (χ3n) is 1.80. The minimum atomic E-state index is -0.799. The first-order valence-electron chi connectivity index (χ1n) is 4.52. The number of thiophene rings is 1. The molecular formula is C10H16N2OS. The Labute approximate surface area is 88.3 Å². The van der Waals surface area contributed by atoms with Gasteiger partial charge in [-0.1, -0.05) is 0 Å². The molecule has 1 amide bonds. The van der Waals surface area contributed by atoms with E-state index in [1.54, 1.807) is 25.2 Å². The van der Waals surface area contributed by atoms with Crippen molar-refractivity contribution >= 4 is 17.2 Å². The molecule has 0 atom stereocenters. The molecule has 1 aromatic rings. The lowest BCUT2D eigenvalue weighted by Crippen LogP contribution is -2.48. The first kappa shape index (κ1) is 11.2. The van der Waals surface area contributed by atoms with Crippen LogP contribution in [0.1, 0.15) is 23.6 Å². The average Bonchev–Trinajstić information content (AvgIpc) is 2.45. The molecule has 3 N–H and O–H groups in total. The zero-order chi connectivity index (χ0) is 10.8. The maximum atomic E-state index is 11.4. The third kappa shape index (κ3) is 3.12. The number of nitrogens with two attached hydrogens (primary N) is 1. The predicted octanol–water partition coefficient (Wildman–Crippen LogP) is 1.41. The van der Waals surface area contributed by atoms with Gasteiger partial charge in [0.2, 0.25) is 5.91 Å². The summed E-state index contributed by atoms with van der Waals surface area (Å²) >= 11 is 1.68. The zero-order valence-corrected chi connectivity index (χ0v) is 9.57. The van der Waals surface area contributed by atoms with Gasteiger partial charge in [-0.2, -0.15) is 0 Å². The van der Waals surface area contributed by atoms with Crippen molar-refractivity contribution in [2.24, 2.45) is 5.73 Å². The molecule has 0 radical (unpaired) electrons. The van der Waals surface area contributed by atoms with Gasteiger partial charge in [-0.05, 0) is 32.9 Å². The van der Waals surface area contributed by atoms with Crippen molar-refractivity contribution in [1.82, 2.24) is 5.32 Å². The molecule has 0 aromatic carbocycles. The summed E-state index contributed by atoms with van der Waals surface area (Å²) in [6, 6.07) is 4.06. The number of carbonyl (C=O) groups is 1. The molecule has 3 nitrogen and oxygen atoms in total. The number of rotatable bonds is 3. The van der Waals surface area contributed by atoms with Gasteiger partial charge in [0.15, 0.2) is 0 Å². The van der Waals surface area contributed by atoms with E-state index >= 15 is 0 Å². The lowest BCUT2D eigenvalue weighted by molar-refractivity contribution is -0.125. The van der Waals surface area contributed by atoms with E-state index in [1.165, 1.54) is 4.88 Å². The predicted molar refractivity (Wildman–Crippen MR) is 59.2 cm³/mol. The molecule has 0 fully saturated rings. The van der Waals surface area contributed by atoms with Crippen LogP contribution in [0.25, 0.3) is 0 Å². The molecule has 0 aliphatic heterocycles. The van der Waals surface area contributed by atoms with Crippen molar-refractivity contribution in [3.05, 3.63) is 21.9 Å². The van der Waals surface area contributed by atoms with Gasteiger partial charge in [0.05, 0.1) is 12.1 Å². The molecule has 0 unspecified atom stereocenters. The molecule has 14 heavy (non-hydrogen) atoms. The van der Waals surface area contributed by atoms with E-state index in [1.807, 2.05) is 19.1 Å². The first-order chi connectivity index (χ1) is 6.39.